The largest absolute Gasteiger partial charge is 0.490 e. The average molecular weight is 249 g/mol. The molecule has 0 aliphatic heterocycles. The molecule has 0 fully saturated rings. The summed E-state index contributed by atoms with van der Waals surface area (Å²) in [6.07, 6.45) is 3.75. The topological polar surface area (TPSA) is 21.3 Å². The highest BCUT2D eigenvalue weighted by molar-refractivity contribution is 5.35. The van der Waals surface area contributed by atoms with Crippen LogP contribution in [0.5, 0.6) is 5.75 Å². The lowest BCUT2D eigenvalue weighted by atomic mass is 10.1. The molecule has 0 aliphatic rings. The molecule has 0 spiro atoms. The first-order valence-corrected chi connectivity index (χ1v) is 7.18. The van der Waals surface area contributed by atoms with E-state index in [2.05, 4.69) is 51.2 Å². The molecule has 1 aromatic rings. The molecule has 18 heavy (non-hydrogen) atoms. The molecule has 0 heterocycles. The molecule has 2 heteroatoms. The lowest BCUT2D eigenvalue weighted by Gasteiger charge is -2.20. The second-order valence-electron chi connectivity index (χ2n) is 4.90. The molecule has 0 saturated carbocycles. The van der Waals surface area contributed by atoms with Gasteiger partial charge in [-0.15, -0.1) is 0 Å². The maximum absolute atomic E-state index is 5.98. The molecule has 1 aromatic carbocycles. The fraction of sp³-hybridized carbons (Fsp3) is 0.625. The van der Waals surface area contributed by atoms with Crippen LogP contribution in [0.15, 0.2) is 24.3 Å². The number of para-hydroxylation sites is 1. The normalized spacial score (nSPS) is 14.2. The number of nitrogens with one attached hydrogen (secondary N) is 1. The summed E-state index contributed by atoms with van der Waals surface area (Å²) in [5.41, 5.74) is 1.26. The summed E-state index contributed by atoms with van der Waals surface area (Å²) in [5.74, 6) is 1.02. The van der Waals surface area contributed by atoms with E-state index >= 15 is 0 Å². The zero-order chi connectivity index (χ0) is 13.4. The Morgan fingerprint density at radius 3 is 2.56 bits per heavy atom. The third-order valence-corrected chi connectivity index (χ3v) is 3.27. The highest BCUT2D eigenvalue weighted by Gasteiger charge is 2.12. The van der Waals surface area contributed by atoms with E-state index in [-0.39, 0.29) is 6.10 Å². The van der Waals surface area contributed by atoms with Gasteiger partial charge in [-0.1, -0.05) is 38.5 Å². The van der Waals surface area contributed by atoms with Gasteiger partial charge in [-0.05, 0) is 39.3 Å². The van der Waals surface area contributed by atoms with Crippen molar-refractivity contribution in [2.24, 2.45) is 0 Å². The first kappa shape index (κ1) is 15.0. The van der Waals surface area contributed by atoms with Crippen molar-refractivity contribution in [3.05, 3.63) is 29.8 Å². The molecular formula is C16H27NO. The molecule has 0 aliphatic carbocycles. The van der Waals surface area contributed by atoms with Crippen LogP contribution in [0, 0.1) is 0 Å². The van der Waals surface area contributed by atoms with Gasteiger partial charge in [-0.3, -0.25) is 0 Å². The summed E-state index contributed by atoms with van der Waals surface area (Å²) < 4.78 is 5.98. The van der Waals surface area contributed by atoms with Crippen molar-refractivity contribution in [2.45, 2.75) is 59.1 Å². The highest BCUT2D eigenvalue weighted by Crippen LogP contribution is 2.26. The van der Waals surface area contributed by atoms with Crippen molar-refractivity contribution in [1.82, 2.24) is 5.32 Å². The van der Waals surface area contributed by atoms with Gasteiger partial charge in [0, 0.05) is 11.6 Å². The van der Waals surface area contributed by atoms with Crippen LogP contribution in [0.25, 0.3) is 0 Å². The van der Waals surface area contributed by atoms with E-state index in [0.717, 1.165) is 18.7 Å². The number of benzene rings is 1. The molecule has 0 saturated heterocycles. The minimum absolute atomic E-state index is 0.272. The van der Waals surface area contributed by atoms with Crippen molar-refractivity contribution in [1.29, 1.82) is 0 Å². The van der Waals surface area contributed by atoms with E-state index in [9.17, 15) is 0 Å². The van der Waals surface area contributed by atoms with Gasteiger partial charge in [-0.2, -0.15) is 0 Å². The Morgan fingerprint density at radius 2 is 1.89 bits per heavy atom. The molecule has 102 valence electrons. The predicted molar refractivity (Wildman–Crippen MR) is 78.1 cm³/mol. The first-order valence-electron chi connectivity index (χ1n) is 7.18. The molecule has 2 nitrogen and oxygen atoms in total. The number of unbranched alkanes of at least 4 members (excludes halogenated alkanes) is 1. The molecule has 0 radical (unpaired) electrons. The van der Waals surface area contributed by atoms with Gasteiger partial charge in [-0.25, -0.2) is 0 Å². The van der Waals surface area contributed by atoms with Crippen molar-refractivity contribution in [2.75, 3.05) is 6.54 Å². The van der Waals surface area contributed by atoms with Gasteiger partial charge in [0.1, 0.15) is 5.75 Å². The zero-order valence-corrected chi connectivity index (χ0v) is 12.2. The number of hydrogen-bond acceptors (Lipinski definition) is 2. The van der Waals surface area contributed by atoms with E-state index < -0.39 is 0 Å². The Bertz CT molecular complexity index is 338. The number of hydrogen-bond donors (Lipinski definition) is 1. The maximum Gasteiger partial charge on any atom is 0.124 e. The van der Waals surface area contributed by atoms with Crippen molar-refractivity contribution in [3.8, 4) is 5.75 Å². The van der Waals surface area contributed by atoms with Gasteiger partial charge in [0.05, 0.1) is 6.10 Å². The van der Waals surface area contributed by atoms with Crippen LogP contribution >= 0.6 is 0 Å². The highest BCUT2D eigenvalue weighted by atomic mass is 16.5. The Labute approximate surface area is 112 Å². The molecule has 2 atom stereocenters. The fourth-order valence-electron chi connectivity index (χ4n) is 1.85. The van der Waals surface area contributed by atoms with Gasteiger partial charge < -0.3 is 10.1 Å². The van der Waals surface area contributed by atoms with Crippen LogP contribution in [-0.4, -0.2) is 12.6 Å². The van der Waals surface area contributed by atoms with Crippen LogP contribution in [0.2, 0.25) is 0 Å². The van der Waals surface area contributed by atoms with Crippen LogP contribution < -0.4 is 10.1 Å². The third-order valence-electron chi connectivity index (χ3n) is 3.27. The first-order chi connectivity index (χ1) is 8.69. The van der Waals surface area contributed by atoms with E-state index in [1.807, 2.05) is 6.07 Å². The molecular weight excluding hydrogens is 222 g/mol. The Hall–Kier alpha value is -1.02. The van der Waals surface area contributed by atoms with E-state index in [0.29, 0.717) is 6.04 Å². The molecule has 2 unspecified atom stereocenters. The van der Waals surface area contributed by atoms with Crippen LogP contribution in [-0.2, 0) is 0 Å². The SMILES string of the molecule is CCCCNC(C)c1ccccc1OC(C)CC. The van der Waals surface area contributed by atoms with Crippen molar-refractivity contribution < 1.29 is 4.74 Å². The third kappa shape index (κ3) is 4.69. The second kappa shape index (κ2) is 8.15. The average Bonchev–Trinajstić information content (AvgIpc) is 2.39. The smallest absolute Gasteiger partial charge is 0.124 e. The Kier molecular flexibility index (Phi) is 6.81. The summed E-state index contributed by atoms with van der Waals surface area (Å²) in [4.78, 5) is 0. The fourth-order valence-corrected chi connectivity index (χ4v) is 1.85. The predicted octanol–water partition coefficient (Wildman–Crippen LogP) is 4.31. The minimum Gasteiger partial charge on any atom is -0.490 e. The van der Waals surface area contributed by atoms with E-state index in [1.54, 1.807) is 0 Å². The minimum atomic E-state index is 0.272. The molecule has 0 bridgehead atoms. The zero-order valence-electron chi connectivity index (χ0n) is 12.2. The quantitative estimate of drug-likeness (QED) is 0.693. The molecule has 0 aromatic heterocycles. The summed E-state index contributed by atoms with van der Waals surface area (Å²) in [6.45, 7) is 9.75. The standard InChI is InChI=1S/C16H27NO/c1-5-7-12-17-14(4)15-10-8-9-11-16(15)18-13(3)6-2/h8-11,13-14,17H,5-7,12H2,1-4H3. The van der Waals surface area contributed by atoms with Crippen molar-refractivity contribution >= 4 is 0 Å². The van der Waals surface area contributed by atoms with Gasteiger partial charge in [0.15, 0.2) is 0 Å². The lowest BCUT2D eigenvalue weighted by Crippen LogP contribution is -2.21. The van der Waals surface area contributed by atoms with Gasteiger partial charge in [0.2, 0.25) is 0 Å². The van der Waals surface area contributed by atoms with Gasteiger partial charge in [0.25, 0.3) is 0 Å². The van der Waals surface area contributed by atoms with Gasteiger partial charge >= 0.3 is 0 Å². The monoisotopic (exact) mass is 249 g/mol. The Balaban J connectivity index is 2.68. The molecule has 1 N–H and O–H groups in total. The van der Waals surface area contributed by atoms with Crippen LogP contribution in [0.3, 0.4) is 0 Å². The summed E-state index contributed by atoms with van der Waals surface area (Å²) in [6, 6.07) is 8.69. The Morgan fingerprint density at radius 1 is 1.17 bits per heavy atom. The summed E-state index contributed by atoms with van der Waals surface area (Å²) in [7, 11) is 0. The van der Waals surface area contributed by atoms with Crippen molar-refractivity contribution in [3.63, 3.8) is 0 Å². The number of rotatable bonds is 8. The summed E-state index contributed by atoms with van der Waals surface area (Å²) >= 11 is 0. The summed E-state index contributed by atoms with van der Waals surface area (Å²) in [5, 5.41) is 3.55. The molecule has 0 amide bonds. The maximum atomic E-state index is 5.98. The van der Waals surface area contributed by atoms with E-state index in [1.165, 1.54) is 18.4 Å². The van der Waals surface area contributed by atoms with Crippen LogP contribution in [0.1, 0.15) is 58.6 Å². The van der Waals surface area contributed by atoms with E-state index in [4.69, 9.17) is 4.74 Å². The lowest BCUT2D eigenvalue weighted by molar-refractivity contribution is 0.213. The second-order valence-corrected chi connectivity index (χ2v) is 4.90. The molecule has 1 rings (SSSR count). The van der Waals surface area contributed by atoms with Crippen LogP contribution in [0.4, 0.5) is 0 Å². The number of ether oxygens (including phenoxy) is 1.